The molecule has 0 N–H and O–H groups in total. The number of nitrogens with zero attached hydrogens (tertiary/aromatic N) is 6. The van der Waals surface area contributed by atoms with E-state index < -0.39 is 53.4 Å². The van der Waals surface area contributed by atoms with Gasteiger partial charge in [0, 0.05) is 9.79 Å². The van der Waals surface area contributed by atoms with E-state index in [1.165, 1.54) is 6.07 Å². The molecule has 0 aliphatic rings. The Morgan fingerprint density at radius 3 is 1.60 bits per heavy atom. The first-order valence-corrected chi connectivity index (χ1v) is 14.9. The summed E-state index contributed by atoms with van der Waals surface area (Å²) in [5.74, 6) is -3.77. The van der Waals surface area contributed by atoms with Crippen molar-refractivity contribution in [2.45, 2.75) is 62.7 Å². The molecule has 0 saturated heterocycles. The maximum Gasteiger partial charge on any atom is 0.453 e. The second-order valence-corrected chi connectivity index (χ2v) is 12.0. The topological polar surface area (TPSA) is 78.5 Å². The average molecular weight is 691 g/mol. The molecular formula is C26H24F10N6OS2. The standard InChI is InChI=1S/C13H12F5N3OS.C13H12F5N3S/c1-7-3-8(2)10(23(22)5-11(14)15)4-9(7)21-6-19-12(20-21)13(16,17)18;1-7-3-8(2)10(22-5-11(14)15)4-9(7)21-6-19-12(20-21)13(16,17)18/h3-4,6,11H,5H2,1-2H3;3-4,6,11H,5H2,1-2H3. The molecule has 0 saturated carbocycles. The number of rotatable bonds is 8. The van der Waals surface area contributed by atoms with Crippen LogP contribution in [0.25, 0.3) is 11.4 Å². The Labute approximate surface area is 256 Å². The Morgan fingerprint density at radius 1 is 0.711 bits per heavy atom. The zero-order valence-corrected chi connectivity index (χ0v) is 25.4. The van der Waals surface area contributed by atoms with Crippen molar-refractivity contribution in [2.24, 2.45) is 0 Å². The molecule has 2 aromatic carbocycles. The molecule has 19 heteroatoms. The van der Waals surface area contributed by atoms with Gasteiger partial charge in [0.2, 0.25) is 12.9 Å². The van der Waals surface area contributed by atoms with Crippen LogP contribution in [-0.2, 0) is 23.2 Å². The summed E-state index contributed by atoms with van der Waals surface area (Å²) in [6.07, 6.45) is -12.7. The highest BCUT2D eigenvalue weighted by atomic mass is 32.2. The van der Waals surface area contributed by atoms with E-state index in [0.717, 1.165) is 39.3 Å². The van der Waals surface area contributed by atoms with Crippen LogP contribution in [0.4, 0.5) is 43.9 Å². The van der Waals surface area contributed by atoms with Gasteiger partial charge in [-0.2, -0.15) is 26.3 Å². The summed E-state index contributed by atoms with van der Waals surface area (Å²) < 4.78 is 139. The molecule has 7 nitrogen and oxygen atoms in total. The first kappa shape index (κ1) is 36.0. The Morgan fingerprint density at radius 2 is 1.18 bits per heavy atom. The smallest absolute Gasteiger partial charge is 0.254 e. The molecule has 0 spiro atoms. The van der Waals surface area contributed by atoms with Crippen LogP contribution in [0.5, 0.6) is 0 Å². The number of hydrogen-bond donors (Lipinski definition) is 0. The largest absolute Gasteiger partial charge is 0.453 e. The monoisotopic (exact) mass is 690 g/mol. The van der Waals surface area contributed by atoms with E-state index in [1.54, 1.807) is 45.9 Å². The van der Waals surface area contributed by atoms with Gasteiger partial charge in [-0.15, -0.1) is 22.0 Å². The molecule has 0 aliphatic heterocycles. The van der Waals surface area contributed by atoms with Crippen LogP contribution in [0.3, 0.4) is 0 Å². The molecule has 0 bridgehead atoms. The summed E-state index contributed by atoms with van der Waals surface area (Å²) in [4.78, 5) is 7.12. The van der Waals surface area contributed by atoms with E-state index in [-0.39, 0.29) is 16.3 Å². The molecule has 4 aromatic rings. The van der Waals surface area contributed by atoms with Crippen LogP contribution >= 0.6 is 11.8 Å². The van der Waals surface area contributed by atoms with Crippen LogP contribution < -0.4 is 0 Å². The maximum absolute atomic E-state index is 12.6. The van der Waals surface area contributed by atoms with Gasteiger partial charge in [-0.05, 0) is 62.1 Å². The highest BCUT2D eigenvalue weighted by Crippen LogP contribution is 2.31. The summed E-state index contributed by atoms with van der Waals surface area (Å²) >= 11 is 0.951. The minimum Gasteiger partial charge on any atom is -0.254 e. The van der Waals surface area contributed by atoms with Gasteiger partial charge in [0.05, 0.1) is 33.7 Å². The van der Waals surface area contributed by atoms with Gasteiger partial charge >= 0.3 is 12.4 Å². The van der Waals surface area contributed by atoms with E-state index in [4.69, 9.17) is 0 Å². The van der Waals surface area contributed by atoms with Crippen LogP contribution in [0.2, 0.25) is 0 Å². The number of aryl methyl sites for hydroxylation is 4. The summed E-state index contributed by atoms with van der Waals surface area (Å²) in [5, 5.41) is 6.74. The molecule has 246 valence electrons. The molecule has 0 amide bonds. The van der Waals surface area contributed by atoms with Crippen molar-refractivity contribution in [3.05, 3.63) is 70.8 Å². The SMILES string of the molecule is Cc1cc(C)c(-n2cnc(C(F)(F)F)n2)cc1SCC(F)F.Cc1cc(C)c(S(=O)CC(F)F)cc1-n1cnc(C(F)(F)F)n1. The zero-order valence-electron chi connectivity index (χ0n) is 23.7. The van der Waals surface area contributed by atoms with Gasteiger partial charge in [0.15, 0.2) is 0 Å². The second kappa shape index (κ2) is 14.3. The number of aromatic nitrogens is 6. The molecule has 45 heavy (non-hydrogen) atoms. The lowest BCUT2D eigenvalue weighted by molar-refractivity contribution is -0.145. The average Bonchev–Trinajstić information content (AvgIpc) is 3.59. The minimum absolute atomic E-state index is 0.134. The lowest BCUT2D eigenvalue weighted by atomic mass is 10.1. The van der Waals surface area contributed by atoms with Crippen LogP contribution in [0.1, 0.15) is 33.9 Å². The molecule has 1 unspecified atom stereocenters. The number of benzene rings is 2. The Bertz CT molecular complexity index is 1650. The number of alkyl halides is 10. The van der Waals surface area contributed by atoms with Crippen molar-refractivity contribution in [3.63, 3.8) is 0 Å². The van der Waals surface area contributed by atoms with Gasteiger partial charge in [-0.1, -0.05) is 12.1 Å². The van der Waals surface area contributed by atoms with Crippen molar-refractivity contribution in [2.75, 3.05) is 11.5 Å². The summed E-state index contributed by atoms with van der Waals surface area (Å²) in [6, 6.07) is 6.13. The van der Waals surface area contributed by atoms with Crippen LogP contribution in [0, 0.1) is 27.7 Å². The van der Waals surface area contributed by atoms with Crippen LogP contribution in [0.15, 0.2) is 46.7 Å². The van der Waals surface area contributed by atoms with Crippen molar-refractivity contribution in [1.29, 1.82) is 0 Å². The molecule has 1 atom stereocenters. The van der Waals surface area contributed by atoms with Crippen molar-refractivity contribution < 1.29 is 48.1 Å². The number of thioether (sulfide) groups is 1. The second-order valence-electron chi connectivity index (χ2n) is 9.43. The van der Waals surface area contributed by atoms with E-state index in [1.807, 2.05) is 0 Å². The van der Waals surface area contributed by atoms with Gasteiger partial charge in [0.25, 0.3) is 11.6 Å². The lowest BCUT2D eigenvalue weighted by Gasteiger charge is -2.12. The van der Waals surface area contributed by atoms with Crippen molar-refractivity contribution >= 4 is 22.6 Å². The molecule has 2 heterocycles. The van der Waals surface area contributed by atoms with E-state index in [0.29, 0.717) is 27.3 Å². The summed E-state index contributed by atoms with van der Waals surface area (Å²) in [5.41, 5.74) is 3.11. The third kappa shape index (κ3) is 9.51. The highest BCUT2D eigenvalue weighted by molar-refractivity contribution is 7.99. The van der Waals surface area contributed by atoms with Crippen LogP contribution in [-0.4, -0.2) is 58.1 Å². The van der Waals surface area contributed by atoms with Crippen molar-refractivity contribution in [3.8, 4) is 11.4 Å². The predicted octanol–water partition coefficient (Wildman–Crippen LogP) is 7.54. The molecule has 2 aromatic heterocycles. The first-order chi connectivity index (χ1) is 20.8. The molecule has 0 aliphatic carbocycles. The normalized spacial score (nSPS) is 12.9. The van der Waals surface area contributed by atoms with E-state index in [2.05, 4.69) is 20.2 Å². The molecule has 4 rings (SSSR count). The zero-order chi connectivity index (χ0) is 33.9. The third-order valence-electron chi connectivity index (χ3n) is 5.86. The minimum atomic E-state index is -4.69. The Kier molecular flexibility index (Phi) is 11.4. The first-order valence-electron chi connectivity index (χ1n) is 12.6. The van der Waals surface area contributed by atoms with Gasteiger partial charge < -0.3 is 0 Å². The lowest BCUT2D eigenvalue weighted by Crippen LogP contribution is -2.11. The fourth-order valence-corrected chi connectivity index (χ4v) is 5.77. The molecule has 0 radical (unpaired) electrons. The highest BCUT2D eigenvalue weighted by Gasteiger charge is 2.37. The Hall–Kier alpha value is -3.48. The third-order valence-corrected chi connectivity index (χ3v) is 8.51. The quantitative estimate of drug-likeness (QED) is 0.141. The summed E-state index contributed by atoms with van der Waals surface area (Å²) in [7, 11) is -1.96. The summed E-state index contributed by atoms with van der Waals surface area (Å²) in [6.45, 7) is 6.68. The maximum atomic E-state index is 12.6. The Balaban J connectivity index is 0.000000246. The fourth-order valence-electron chi connectivity index (χ4n) is 3.91. The number of hydrogen-bond acceptors (Lipinski definition) is 6. The fraction of sp³-hybridized carbons (Fsp3) is 0.385. The van der Waals surface area contributed by atoms with E-state index >= 15 is 0 Å². The van der Waals surface area contributed by atoms with E-state index in [9.17, 15) is 48.1 Å². The predicted molar refractivity (Wildman–Crippen MR) is 146 cm³/mol. The van der Waals surface area contributed by atoms with Gasteiger partial charge in [-0.25, -0.2) is 36.9 Å². The molecule has 0 fully saturated rings. The van der Waals surface area contributed by atoms with Crippen molar-refractivity contribution in [1.82, 2.24) is 29.5 Å². The van der Waals surface area contributed by atoms with Gasteiger partial charge in [0.1, 0.15) is 12.7 Å². The van der Waals surface area contributed by atoms with Gasteiger partial charge in [-0.3, -0.25) is 4.21 Å². The number of halogens is 10. The molecular weight excluding hydrogens is 666 g/mol.